The smallest absolute Gasteiger partial charge is 0.241 e. The van der Waals surface area contributed by atoms with Gasteiger partial charge in [0.15, 0.2) is 0 Å². The summed E-state index contributed by atoms with van der Waals surface area (Å²) in [4.78, 5) is 12.5. The molecule has 0 spiro atoms. The fourth-order valence-corrected chi connectivity index (χ4v) is 3.93. The van der Waals surface area contributed by atoms with Crippen LogP contribution in [0.3, 0.4) is 0 Å². The van der Waals surface area contributed by atoms with Crippen LogP contribution in [0.25, 0.3) is 0 Å². The molecule has 0 fully saturated rings. The van der Waals surface area contributed by atoms with Crippen molar-refractivity contribution in [1.29, 1.82) is 0 Å². The molecule has 2 aromatic rings. The molecule has 1 atom stereocenters. The van der Waals surface area contributed by atoms with Crippen LogP contribution < -0.4 is 14.4 Å². The average Bonchev–Trinajstić information content (AvgIpc) is 2.59. The summed E-state index contributed by atoms with van der Waals surface area (Å²) < 4.78 is 30.9. The number of benzene rings is 2. The highest BCUT2D eigenvalue weighted by molar-refractivity contribution is 7.92. The summed E-state index contributed by atoms with van der Waals surface area (Å²) in [6.07, 6.45) is 1.68. The third kappa shape index (κ3) is 4.28. The van der Waals surface area contributed by atoms with Gasteiger partial charge < -0.3 is 10.1 Å². The molecule has 1 unspecified atom stereocenters. The summed E-state index contributed by atoms with van der Waals surface area (Å²) in [7, 11) is -3.64. The number of halogens is 1. The first-order chi connectivity index (χ1) is 12.3. The fraction of sp³-hybridized carbons (Fsp3) is 0.278. The van der Waals surface area contributed by atoms with E-state index in [0.717, 1.165) is 21.9 Å². The highest BCUT2D eigenvalue weighted by Crippen LogP contribution is 2.31. The second-order valence-corrected chi connectivity index (χ2v) is 8.39. The van der Waals surface area contributed by atoms with Crippen LogP contribution in [0.4, 0.5) is 5.69 Å². The number of sulfonamides is 1. The zero-order valence-corrected chi connectivity index (χ0v) is 15.8. The van der Waals surface area contributed by atoms with Gasteiger partial charge in [-0.1, -0.05) is 35.9 Å². The number of rotatable bonds is 5. The maximum absolute atomic E-state index is 12.5. The van der Waals surface area contributed by atoms with Crippen molar-refractivity contribution < 1.29 is 17.9 Å². The van der Waals surface area contributed by atoms with Gasteiger partial charge in [-0.15, -0.1) is 0 Å². The standard InChI is InChI=1S/C18H19ClN2O4S/c1-26(23,24)21(14-6-4-5-13(19)11-14)12-18(22)20-16-9-10-25-17-8-3-2-7-15(16)17/h2-8,11,16H,9-10,12H2,1H3,(H,20,22). The molecule has 3 rings (SSSR count). The van der Waals surface area contributed by atoms with Crippen LogP contribution in [0, 0.1) is 0 Å². The van der Waals surface area contributed by atoms with Crippen molar-refractivity contribution in [1.82, 2.24) is 5.32 Å². The van der Waals surface area contributed by atoms with Crippen LogP contribution in [-0.2, 0) is 14.8 Å². The Labute approximate surface area is 157 Å². The van der Waals surface area contributed by atoms with Crippen LogP contribution in [-0.4, -0.2) is 33.7 Å². The first-order valence-corrected chi connectivity index (χ1v) is 10.3. The summed E-state index contributed by atoms with van der Waals surface area (Å²) in [6, 6.07) is 13.7. The van der Waals surface area contributed by atoms with Gasteiger partial charge in [-0.2, -0.15) is 0 Å². The van der Waals surface area contributed by atoms with Gasteiger partial charge >= 0.3 is 0 Å². The van der Waals surface area contributed by atoms with Crippen molar-refractivity contribution in [2.75, 3.05) is 23.7 Å². The molecule has 0 aliphatic carbocycles. The van der Waals surface area contributed by atoms with Crippen molar-refractivity contribution in [3.05, 3.63) is 59.1 Å². The molecule has 0 aromatic heterocycles. The number of para-hydroxylation sites is 1. The van der Waals surface area contributed by atoms with Crippen LogP contribution in [0.2, 0.25) is 5.02 Å². The topological polar surface area (TPSA) is 75.7 Å². The van der Waals surface area contributed by atoms with Gasteiger partial charge in [0.1, 0.15) is 12.3 Å². The number of carbonyl (C=O) groups is 1. The van der Waals surface area contributed by atoms with E-state index in [0.29, 0.717) is 23.7 Å². The Hall–Kier alpha value is -2.25. The van der Waals surface area contributed by atoms with Crippen LogP contribution in [0.15, 0.2) is 48.5 Å². The number of carbonyl (C=O) groups excluding carboxylic acids is 1. The summed E-state index contributed by atoms with van der Waals surface area (Å²) in [5.41, 5.74) is 1.24. The minimum absolute atomic E-state index is 0.215. The minimum Gasteiger partial charge on any atom is -0.493 e. The molecule has 2 aromatic carbocycles. The molecule has 1 amide bonds. The predicted octanol–water partition coefficient (Wildman–Crippen LogP) is 2.75. The molecule has 0 radical (unpaired) electrons. The normalized spacial score (nSPS) is 16.3. The molecule has 8 heteroatoms. The Morgan fingerprint density at radius 3 is 2.77 bits per heavy atom. The molecular weight excluding hydrogens is 376 g/mol. The molecular formula is C18H19ClN2O4S. The number of amides is 1. The van der Waals surface area contributed by atoms with E-state index < -0.39 is 15.9 Å². The van der Waals surface area contributed by atoms with Crippen molar-refractivity contribution in [3.63, 3.8) is 0 Å². The number of fused-ring (bicyclic) bond motifs is 1. The Balaban J connectivity index is 1.77. The fourth-order valence-electron chi connectivity index (χ4n) is 2.89. The van der Waals surface area contributed by atoms with E-state index >= 15 is 0 Å². The van der Waals surface area contributed by atoms with Crippen molar-refractivity contribution in [2.45, 2.75) is 12.5 Å². The maximum Gasteiger partial charge on any atom is 0.241 e. The van der Waals surface area contributed by atoms with Crippen molar-refractivity contribution in [2.24, 2.45) is 0 Å². The van der Waals surface area contributed by atoms with Crippen molar-refractivity contribution in [3.8, 4) is 5.75 Å². The molecule has 1 heterocycles. The van der Waals surface area contributed by atoms with E-state index in [1.807, 2.05) is 24.3 Å². The molecule has 0 saturated carbocycles. The van der Waals surface area contributed by atoms with Crippen LogP contribution in [0.5, 0.6) is 5.75 Å². The number of anilines is 1. The van der Waals surface area contributed by atoms with Gasteiger partial charge in [-0.05, 0) is 24.3 Å². The number of hydrogen-bond acceptors (Lipinski definition) is 4. The Bertz CT molecular complexity index is 917. The predicted molar refractivity (Wildman–Crippen MR) is 101 cm³/mol. The van der Waals surface area contributed by atoms with Crippen molar-refractivity contribution >= 4 is 33.2 Å². The van der Waals surface area contributed by atoms with E-state index in [1.54, 1.807) is 18.2 Å². The molecule has 0 saturated heterocycles. The maximum atomic E-state index is 12.5. The number of nitrogens with one attached hydrogen (secondary N) is 1. The van der Waals surface area contributed by atoms with E-state index in [-0.39, 0.29) is 12.6 Å². The summed E-state index contributed by atoms with van der Waals surface area (Å²) in [6.45, 7) is 0.171. The lowest BCUT2D eigenvalue weighted by Gasteiger charge is -2.28. The van der Waals surface area contributed by atoms with E-state index in [2.05, 4.69) is 5.32 Å². The average molecular weight is 395 g/mol. The van der Waals surface area contributed by atoms with E-state index in [9.17, 15) is 13.2 Å². The largest absolute Gasteiger partial charge is 0.493 e. The van der Waals surface area contributed by atoms with E-state index in [4.69, 9.17) is 16.3 Å². The first kappa shape index (κ1) is 18.5. The molecule has 1 aliphatic rings. The summed E-state index contributed by atoms with van der Waals surface area (Å²) in [5, 5.41) is 3.30. The monoisotopic (exact) mass is 394 g/mol. The number of nitrogens with zero attached hydrogens (tertiary/aromatic N) is 1. The minimum atomic E-state index is -3.64. The summed E-state index contributed by atoms with van der Waals surface area (Å²) >= 11 is 5.95. The highest BCUT2D eigenvalue weighted by atomic mass is 35.5. The molecule has 1 N–H and O–H groups in total. The third-order valence-corrected chi connectivity index (χ3v) is 5.45. The second kappa shape index (κ2) is 7.55. The van der Waals surface area contributed by atoms with Gasteiger partial charge in [0.2, 0.25) is 15.9 Å². The third-order valence-electron chi connectivity index (χ3n) is 4.08. The van der Waals surface area contributed by atoms with Gasteiger partial charge in [0, 0.05) is 17.0 Å². The lowest BCUT2D eigenvalue weighted by Crippen LogP contribution is -2.42. The number of ether oxygens (including phenoxy) is 1. The Morgan fingerprint density at radius 2 is 2.04 bits per heavy atom. The lowest BCUT2D eigenvalue weighted by molar-refractivity contribution is -0.120. The lowest BCUT2D eigenvalue weighted by atomic mass is 10.0. The molecule has 1 aliphatic heterocycles. The summed E-state index contributed by atoms with van der Waals surface area (Å²) in [5.74, 6) is 0.343. The molecule has 138 valence electrons. The SMILES string of the molecule is CS(=O)(=O)N(CC(=O)NC1CCOc2ccccc21)c1cccc(Cl)c1. The van der Waals surface area contributed by atoms with Gasteiger partial charge in [0.05, 0.1) is 24.6 Å². The Morgan fingerprint density at radius 1 is 1.27 bits per heavy atom. The zero-order chi connectivity index (χ0) is 18.7. The number of hydrogen-bond donors (Lipinski definition) is 1. The molecule has 26 heavy (non-hydrogen) atoms. The first-order valence-electron chi connectivity index (χ1n) is 8.09. The molecule has 6 nitrogen and oxygen atoms in total. The highest BCUT2D eigenvalue weighted by Gasteiger charge is 2.26. The zero-order valence-electron chi connectivity index (χ0n) is 14.2. The Kier molecular flexibility index (Phi) is 5.38. The quantitative estimate of drug-likeness (QED) is 0.846. The van der Waals surface area contributed by atoms with Gasteiger partial charge in [0.25, 0.3) is 0 Å². The van der Waals surface area contributed by atoms with E-state index in [1.165, 1.54) is 6.07 Å². The van der Waals surface area contributed by atoms with Gasteiger partial charge in [-0.3, -0.25) is 9.10 Å². The van der Waals surface area contributed by atoms with Crippen LogP contribution in [0.1, 0.15) is 18.0 Å². The van der Waals surface area contributed by atoms with Crippen LogP contribution >= 0.6 is 11.6 Å². The second-order valence-electron chi connectivity index (χ2n) is 6.04. The molecule has 0 bridgehead atoms. The van der Waals surface area contributed by atoms with Gasteiger partial charge in [-0.25, -0.2) is 8.42 Å².